The van der Waals surface area contributed by atoms with E-state index in [1.165, 1.54) is 7.11 Å². The summed E-state index contributed by atoms with van der Waals surface area (Å²) in [6.45, 7) is 8.91. The van der Waals surface area contributed by atoms with E-state index in [9.17, 15) is 9.90 Å². The number of ether oxygens (including phenoxy) is 2. The van der Waals surface area contributed by atoms with E-state index in [-0.39, 0.29) is 18.0 Å². The number of methoxy groups -OCH3 is 1. The number of aliphatic hydroxyl groups excluding tert-OH is 1. The molecule has 0 spiro atoms. The molecule has 0 saturated carbocycles. The molecule has 94 valence electrons. The molecule has 0 heterocycles. The number of hydrogen-bond donors (Lipinski definition) is 1. The van der Waals surface area contributed by atoms with Gasteiger partial charge in [-0.1, -0.05) is 0 Å². The maximum Gasteiger partial charge on any atom is 0.312 e. The summed E-state index contributed by atoms with van der Waals surface area (Å²) in [6.07, 6.45) is 0.269. The lowest BCUT2D eigenvalue weighted by molar-refractivity contribution is -0.157. The van der Waals surface area contributed by atoms with Crippen LogP contribution in [0.25, 0.3) is 0 Å². The van der Waals surface area contributed by atoms with Crippen molar-refractivity contribution < 1.29 is 19.4 Å². The van der Waals surface area contributed by atoms with E-state index in [0.717, 1.165) is 0 Å². The second-order valence-corrected chi connectivity index (χ2v) is 4.80. The summed E-state index contributed by atoms with van der Waals surface area (Å²) in [4.78, 5) is 11.8. The Hall–Kier alpha value is -1.19. The van der Waals surface area contributed by atoms with Crippen LogP contribution >= 0.6 is 0 Å². The minimum absolute atomic E-state index is 0.132. The molecule has 0 rings (SSSR count). The van der Waals surface area contributed by atoms with E-state index in [1.54, 1.807) is 20.8 Å². The molecule has 1 N–H and O–H groups in total. The van der Waals surface area contributed by atoms with E-state index in [2.05, 4.69) is 0 Å². The van der Waals surface area contributed by atoms with Gasteiger partial charge in [-0.25, -0.2) is 0 Å². The van der Waals surface area contributed by atoms with Crippen LogP contribution in [0.5, 0.6) is 0 Å². The van der Waals surface area contributed by atoms with Crippen molar-refractivity contribution in [3.63, 3.8) is 0 Å². The van der Waals surface area contributed by atoms with Gasteiger partial charge in [0.15, 0.2) is 0 Å². The maximum atomic E-state index is 11.8. The van der Waals surface area contributed by atoms with Gasteiger partial charge in [0.05, 0.1) is 18.6 Å². The maximum absolute atomic E-state index is 11.8. The summed E-state index contributed by atoms with van der Waals surface area (Å²) < 4.78 is 9.85. The monoisotopic (exact) mass is 230 g/mol. The zero-order valence-electron chi connectivity index (χ0n) is 11.0. The quantitative estimate of drug-likeness (QED) is 0.583. The van der Waals surface area contributed by atoms with Gasteiger partial charge in [-0.05, 0) is 41.0 Å². The van der Waals surface area contributed by atoms with Crippen molar-refractivity contribution in [3.8, 4) is 0 Å². The Kier molecular flexibility index (Phi) is 5.35. The van der Waals surface area contributed by atoms with Crippen molar-refractivity contribution in [2.45, 2.75) is 47.1 Å². The van der Waals surface area contributed by atoms with E-state index < -0.39 is 5.41 Å². The number of allylic oxidation sites excluding steroid dienone is 1. The SMILES string of the molecule is CO/C(O)=C(\C)CC(C)(C)C(=O)OC(C)C. The summed E-state index contributed by atoms with van der Waals surface area (Å²) in [7, 11) is 1.39. The highest BCUT2D eigenvalue weighted by molar-refractivity contribution is 5.76. The second-order valence-electron chi connectivity index (χ2n) is 4.80. The van der Waals surface area contributed by atoms with Crippen molar-refractivity contribution in [2.24, 2.45) is 5.41 Å². The van der Waals surface area contributed by atoms with Crippen LogP contribution in [0.2, 0.25) is 0 Å². The molecule has 0 aliphatic heterocycles. The third-order valence-corrected chi connectivity index (χ3v) is 2.16. The van der Waals surface area contributed by atoms with Crippen molar-refractivity contribution in [3.05, 3.63) is 11.5 Å². The molecule has 0 unspecified atom stereocenters. The minimum atomic E-state index is -0.666. The first-order valence-corrected chi connectivity index (χ1v) is 5.34. The Morgan fingerprint density at radius 3 is 2.25 bits per heavy atom. The lowest BCUT2D eigenvalue weighted by Gasteiger charge is -2.24. The molecule has 0 bridgehead atoms. The highest BCUT2D eigenvalue weighted by Crippen LogP contribution is 2.28. The second kappa shape index (κ2) is 5.77. The van der Waals surface area contributed by atoms with Crippen LogP contribution < -0.4 is 0 Å². The van der Waals surface area contributed by atoms with Crippen molar-refractivity contribution in [2.75, 3.05) is 7.11 Å². The zero-order valence-corrected chi connectivity index (χ0v) is 11.0. The Labute approximate surface area is 97.2 Å². The number of rotatable bonds is 5. The summed E-state index contributed by atoms with van der Waals surface area (Å²) in [5, 5.41) is 9.36. The van der Waals surface area contributed by atoms with E-state index in [1.807, 2.05) is 13.8 Å². The number of carbonyl (C=O) groups is 1. The molecule has 4 nitrogen and oxygen atoms in total. The molecule has 4 heteroatoms. The van der Waals surface area contributed by atoms with Gasteiger partial charge in [-0.2, -0.15) is 0 Å². The van der Waals surface area contributed by atoms with Crippen molar-refractivity contribution >= 4 is 5.97 Å². The van der Waals surface area contributed by atoms with Gasteiger partial charge < -0.3 is 14.6 Å². The highest BCUT2D eigenvalue weighted by Gasteiger charge is 2.31. The normalized spacial score (nSPS) is 13.4. The molecule has 0 fully saturated rings. The van der Waals surface area contributed by atoms with Crippen molar-refractivity contribution in [1.29, 1.82) is 0 Å². The van der Waals surface area contributed by atoms with Gasteiger partial charge >= 0.3 is 5.97 Å². The number of esters is 1. The lowest BCUT2D eigenvalue weighted by atomic mass is 9.86. The van der Waals surface area contributed by atoms with E-state index in [4.69, 9.17) is 9.47 Å². The highest BCUT2D eigenvalue weighted by atomic mass is 16.6. The number of carbonyl (C=O) groups excluding carboxylic acids is 1. The first-order chi connectivity index (χ1) is 7.20. The molecule has 0 aromatic rings. The van der Waals surface area contributed by atoms with Gasteiger partial charge in [0.1, 0.15) is 0 Å². The molecule has 0 aromatic carbocycles. The number of hydrogen-bond acceptors (Lipinski definition) is 4. The van der Waals surface area contributed by atoms with Gasteiger partial charge in [0.25, 0.3) is 5.95 Å². The van der Waals surface area contributed by atoms with Crippen LogP contribution in [-0.4, -0.2) is 24.3 Å². The number of aliphatic hydroxyl groups is 1. The van der Waals surface area contributed by atoms with Gasteiger partial charge in [-0.15, -0.1) is 0 Å². The lowest BCUT2D eigenvalue weighted by Crippen LogP contribution is -2.29. The van der Waals surface area contributed by atoms with Crippen LogP contribution in [0.15, 0.2) is 11.5 Å². The first kappa shape index (κ1) is 14.8. The Morgan fingerprint density at radius 2 is 1.88 bits per heavy atom. The molecule has 16 heavy (non-hydrogen) atoms. The van der Waals surface area contributed by atoms with E-state index in [0.29, 0.717) is 12.0 Å². The van der Waals surface area contributed by atoms with Crippen LogP contribution in [0.4, 0.5) is 0 Å². The molecule has 0 radical (unpaired) electrons. The predicted octanol–water partition coefficient (Wildman–Crippen LogP) is 2.79. The van der Waals surface area contributed by atoms with Crippen LogP contribution in [0.3, 0.4) is 0 Å². The Morgan fingerprint density at radius 1 is 1.38 bits per heavy atom. The minimum Gasteiger partial charge on any atom is -0.481 e. The largest absolute Gasteiger partial charge is 0.481 e. The topological polar surface area (TPSA) is 55.8 Å². The fraction of sp³-hybridized carbons (Fsp3) is 0.750. The summed E-state index contributed by atoms with van der Waals surface area (Å²) >= 11 is 0. The van der Waals surface area contributed by atoms with E-state index >= 15 is 0 Å². The molecule has 0 saturated heterocycles. The van der Waals surface area contributed by atoms with Crippen LogP contribution in [-0.2, 0) is 14.3 Å². The van der Waals surface area contributed by atoms with Crippen LogP contribution in [0.1, 0.15) is 41.0 Å². The Balaban J connectivity index is 4.63. The molecule has 0 aliphatic rings. The standard InChI is InChI=1S/C12H22O4/c1-8(2)16-11(14)12(4,5)7-9(3)10(13)15-6/h8,13H,7H2,1-6H3/b10-9+. The summed E-state index contributed by atoms with van der Waals surface area (Å²) in [5.41, 5.74) is -0.0332. The third-order valence-electron chi connectivity index (χ3n) is 2.16. The molecule has 0 aromatic heterocycles. The first-order valence-electron chi connectivity index (χ1n) is 5.34. The summed E-state index contributed by atoms with van der Waals surface area (Å²) in [6, 6.07) is 0. The van der Waals surface area contributed by atoms with Crippen LogP contribution in [0, 0.1) is 5.41 Å². The zero-order chi connectivity index (χ0) is 12.9. The summed E-state index contributed by atoms with van der Waals surface area (Å²) in [5.74, 6) is -0.406. The van der Waals surface area contributed by atoms with Gasteiger partial charge in [-0.3, -0.25) is 4.79 Å². The fourth-order valence-electron chi connectivity index (χ4n) is 1.36. The van der Waals surface area contributed by atoms with Gasteiger partial charge in [0.2, 0.25) is 0 Å². The molecule has 0 amide bonds. The molecular weight excluding hydrogens is 208 g/mol. The smallest absolute Gasteiger partial charge is 0.312 e. The average Bonchev–Trinajstić information content (AvgIpc) is 2.14. The average molecular weight is 230 g/mol. The Bertz CT molecular complexity index is 277. The fourth-order valence-corrected chi connectivity index (χ4v) is 1.36. The molecule has 0 atom stereocenters. The third kappa shape index (κ3) is 4.55. The predicted molar refractivity (Wildman–Crippen MR) is 62.0 cm³/mol. The molecular formula is C12H22O4. The van der Waals surface area contributed by atoms with Gasteiger partial charge in [0, 0.05) is 5.57 Å². The molecule has 0 aliphatic carbocycles. The van der Waals surface area contributed by atoms with Crippen molar-refractivity contribution in [1.82, 2.24) is 0 Å².